The van der Waals surface area contributed by atoms with Crippen LogP contribution < -0.4 is 5.73 Å². The van der Waals surface area contributed by atoms with Gasteiger partial charge in [-0.2, -0.15) is 4.98 Å². The molecule has 2 heterocycles. The van der Waals surface area contributed by atoms with Crippen molar-refractivity contribution in [1.82, 2.24) is 15.1 Å². The standard InChI is InChI=1S/C18H19FN4OS/c1-18(2,17-22-15(23-24-17)14(20)10-7-8-10)13-9-25-16(21-13)11-5-3-4-6-12(11)19/h3-6,9-10,14H,7-8,20H2,1-2H3. The summed E-state index contributed by atoms with van der Waals surface area (Å²) in [5.41, 5.74) is 6.84. The van der Waals surface area contributed by atoms with Crippen molar-refractivity contribution < 1.29 is 8.91 Å². The minimum absolute atomic E-state index is 0.169. The van der Waals surface area contributed by atoms with Crippen LogP contribution in [-0.2, 0) is 5.41 Å². The molecule has 1 saturated carbocycles. The molecule has 0 bridgehead atoms. The van der Waals surface area contributed by atoms with Gasteiger partial charge in [0.05, 0.1) is 17.2 Å². The first-order valence-corrected chi connectivity index (χ1v) is 9.15. The molecule has 1 aromatic carbocycles. The van der Waals surface area contributed by atoms with E-state index in [0.717, 1.165) is 18.5 Å². The fourth-order valence-corrected chi connectivity index (χ4v) is 3.73. The average Bonchev–Trinajstić information content (AvgIpc) is 3.12. The molecule has 4 rings (SSSR count). The molecule has 3 aromatic rings. The van der Waals surface area contributed by atoms with Crippen LogP contribution in [0, 0.1) is 11.7 Å². The van der Waals surface area contributed by atoms with Gasteiger partial charge < -0.3 is 10.3 Å². The maximum atomic E-state index is 14.0. The molecule has 1 atom stereocenters. The first kappa shape index (κ1) is 16.4. The molecule has 130 valence electrons. The van der Waals surface area contributed by atoms with E-state index in [2.05, 4.69) is 15.1 Å². The molecule has 1 fully saturated rings. The Balaban J connectivity index is 1.63. The van der Waals surface area contributed by atoms with Crippen LogP contribution in [0.25, 0.3) is 10.6 Å². The van der Waals surface area contributed by atoms with Gasteiger partial charge in [-0.05, 0) is 44.7 Å². The zero-order chi connectivity index (χ0) is 17.6. The van der Waals surface area contributed by atoms with Crippen LogP contribution >= 0.6 is 11.3 Å². The Hall–Kier alpha value is -2.12. The maximum absolute atomic E-state index is 14.0. The molecule has 5 nitrogen and oxygen atoms in total. The zero-order valence-corrected chi connectivity index (χ0v) is 14.9. The molecule has 1 unspecified atom stereocenters. The Labute approximate surface area is 149 Å². The second-order valence-electron chi connectivity index (χ2n) is 6.96. The summed E-state index contributed by atoms with van der Waals surface area (Å²) in [5.74, 6) is 1.20. The van der Waals surface area contributed by atoms with Crippen molar-refractivity contribution in [3.05, 3.63) is 52.9 Å². The van der Waals surface area contributed by atoms with Crippen molar-refractivity contribution in [1.29, 1.82) is 0 Å². The third kappa shape index (κ3) is 2.98. The summed E-state index contributed by atoms with van der Waals surface area (Å²) >= 11 is 1.40. The van der Waals surface area contributed by atoms with Crippen LogP contribution in [0.2, 0.25) is 0 Å². The molecule has 1 aliphatic carbocycles. The fourth-order valence-electron chi connectivity index (χ4n) is 2.72. The summed E-state index contributed by atoms with van der Waals surface area (Å²) in [4.78, 5) is 9.12. The Morgan fingerprint density at radius 3 is 2.76 bits per heavy atom. The van der Waals surface area contributed by atoms with Gasteiger partial charge in [0, 0.05) is 10.9 Å². The first-order valence-electron chi connectivity index (χ1n) is 8.27. The summed E-state index contributed by atoms with van der Waals surface area (Å²) in [7, 11) is 0. The van der Waals surface area contributed by atoms with Crippen LogP contribution in [0.3, 0.4) is 0 Å². The Morgan fingerprint density at radius 2 is 2.04 bits per heavy atom. The summed E-state index contributed by atoms with van der Waals surface area (Å²) in [5, 5.41) is 6.60. The minimum atomic E-state index is -0.575. The molecule has 7 heteroatoms. The molecule has 1 aliphatic rings. The van der Waals surface area contributed by atoms with E-state index in [-0.39, 0.29) is 11.9 Å². The van der Waals surface area contributed by atoms with Gasteiger partial charge in [-0.15, -0.1) is 11.3 Å². The quantitative estimate of drug-likeness (QED) is 0.744. The van der Waals surface area contributed by atoms with Crippen molar-refractivity contribution in [2.24, 2.45) is 11.7 Å². The highest BCUT2D eigenvalue weighted by Crippen LogP contribution is 2.40. The lowest BCUT2D eigenvalue weighted by Gasteiger charge is -2.16. The third-order valence-corrected chi connectivity index (χ3v) is 5.53. The lowest BCUT2D eigenvalue weighted by atomic mass is 9.90. The molecule has 0 radical (unpaired) electrons. The van der Waals surface area contributed by atoms with Crippen LogP contribution in [0.1, 0.15) is 50.1 Å². The van der Waals surface area contributed by atoms with Crippen LogP contribution in [0.5, 0.6) is 0 Å². The number of nitrogens with zero attached hydrogens (tertiary/aromatic N) is 3. The zero-order valence-electron chi connectivity index (χ0n) is 14.1. The number of hydrogen-bond donors (Lipinski definition) is 1. The lowest BCUT2D eigenvalue weighted by Crippen LogP contribution is -2.21. The van der Waals surface area contributed by atoms with Gasteiger partial charge in [0.2, 0.25) is 5.89 Å². The van der Waals surface area contributed by atoms with E-state index < -0.39 is 5.41 Å². The smallest absolute Gasteiger partial charge is 0.238 e. The van der Waals surface area contributed by atoms with Gasteiger partial charge >= 0.3 is 0 Å². The van der Waals surface area contributed by atoms with E-state index in [1.807, 2.05) is 19.2 Å². The Bertz CT molecular complexity index is 900. The van der Waals surface area contributed by atoms with Crippen molar-refractivity contribution in [3.8, 4) is 10.6 Å². The normalized spacial score (nSPS) is 16.2. The summed E-state index contributed by atoms with van der Waals surface area (Å²) in [6.45, 7) is 3.93. The van der Waals surface area contributed by atoms with Gasteiger partial charge in [0.1, 0.15) is 10.8 Å². The van der Waals surface area contributed by atoms with Crippen molar-refractivity contribution in [3.63, 3.8) is 0 Å². The third-order valence-electron chi connectivity index (χ3n) is 4.65. The summed E-state index contributed by atoms with van der Waals surface area (Å²) in [6.07, 6.45) is 2.24. The highest BCUT2D eigenvalue weighted by molar-refractivity contribution is 7.13. The minimum Gasteiger partial charge on any atom is -0.338 e. The predicted octanol–water partition coefficient (Wildman–Crippen LogP) is 4.07. The molecule has 25 heavy (non-hydrogen) atoms. The van der Waals surface area contributed by atoms with Crippen LogP contribution in [0.15, 0.2) is 34.2 Å². The molecular formula is C18H19FN4OS. The van der Waals surface area contributed by atoms with E-state index in [1.165, 1.54) is 17.4 Å². The second-order valence-corrected chi connectivity index (χ2v) is 7.82. The number of hydrogen-bond acceptors (Lipinski definition) is 6. The van der Waals surface area contributed by atoms with Gasteiger partial charge in [-0.3, -0.25) is 0 Å². The first-order chi connectivity index (χ1) is 12.0. The number of rotatable bonds is 5. The van der Waals surface area contributed by atoms with Crippen molar-refractivity contribution in [2.45, 2.75) is 38.1 Å². The van der Waals surface area contributed by atoms with E-state index in [0.29, 0.717) is 28.2 Å². The lowest BCUT2D eigenvalue weighted by molar-refractivity contribution is 0.325. The van der Waals surface area contributed by atoms with E-state index in [9.17, 15) is 4.39 Å². The van der Waals surface area contributed by atoms with E-state index >= 15 is 0 Å². The van der Waals surface area contributed by atoms with Gasteiger partial charge in [0.15, 0.2) is 5.82 Å². The topological polar surface area (TPSA) is 77.8 Å². The molecular weight excluding hydrogens is 339 g/mol. The molecule has 0 saturated heterocycles. The number of benzene rings is 1. The number of aromatic nitrogens is 3. The predicted molar refractivity (Wildman–Crippen MR) is 93.6 cm³/mol. The molecule has 0 spiro atoms. The van der Waals surface area contributed by atoms with Crippen molar-refractivity contribution in [2.75, 3.05) is 0 Å². The largest absolute Gasteiger partial charge is 0.338 e. The second kappa shape index (κ2) is 6.00. The average molecular weight is 358 g/mol. The Morgan fingerprint density at radius 1 is 1.28 bits per heavy atom. The molecule has 2 N–H and O–H groups in total. The monoisotopic (exact) mass is 358 g/mol. The van der Waals surface area contributed by atoms with E-state index in [1.54, 1.807) is 18.2 Å². The fraction of sp³-hybridized carbons (Fsp3) is 0.389. The number of nitrogens with two attached hydrogens (primary N) is 1. The molecule has 2 aromatic heterocycles. The van der Waals surface area contributed by atoms with Gasteiger partial charge in [-0.25, -0.2) is 9.37 Å². The Kier molecular flexibility index (Phi) is 3.92. The molecule has 0 aliphatic heterocycles. The van der Waals surface area contributed by atoms with Gasteiger partial charge in [0.25, 0.3) is 0 Å². The SMILES string of the molecule is CC(C)(c1csc(-c2ccccc2F)n1)c1nc(C(N)C2CC2)no1. The maximum Gasteiger partial charge on any atom is 0.238 e. The molecule has 0 amide bonds. The highest BCUT2D eigenvalue weighted by atomic mass is 32.1. The number of thiazole rings is 1. The summed E-state index contributed by atoms with van der Waals surface area (Å²) in [6, 6.07) is 6.46. The van der Waals surface area contributed by atoms with Crippen LogP contribution in [0.4, 0.5) is 4.39 Å². The van der Waals surface area contributed by atoms with Crippen molar-refractivity contribution >= 4 is 11.3 Å². The summed E-state index contributed by atoms with van der Waals surface area (Å²) < 4.78 is 19.5. The van der Waals surface area contributed by atoms with E-state index in [4.69, 9.17) is 10.3 Å². The highest BCUT2D eigenvalue weighted by Gasteiger charge is 2.36. The number of halogens is 1. The van der Waals surface area contributed by atoms with Crippen LogP contribution in [-0.4, -0.2) is 15.1 Å². The van der Waals surface area contributed by atoms with Gasteiger partial charge in [-0.1, -0.05) is 17.3 Å².